The number of carbonyl (C=O) groups is 1. The topological polar surface area (TPSA) is 71.7 Å². The largest absolute Gasteiger partial charge is 0.301 e. The molecule has 3 aromatic rings. The van der Waals surface area contributed by atoms with Crippen LogP contribution in [0.5, 0.6) is 0 Å². The SMILES string of the molecule is C=N/C(=C\C=C(C)C)n1ccc2cc(N(CC=O)S(=O)(=O)c3cc(Cl)cc(Cl)c3)c(Cl)cc21. The highest BCUT2D eigenvalue weighted by Crippen LogP contribution is 2.36. The van der Waals surface area contributed by atoms with Gasteiger partial charge in [-0.3, -0.25) is 4.31 Å². The molecule has 172 valence electrons. The van der Waals surface area contributed by atoms with Gasteiger partial charge in [-0.25, -0.2) is 13.4 Å². The molecule has 10 heteroatoms. The molecule has 0 atom stereocenters. The Morgan fingerprint density at radius 2 is 1.76 bits per heavy atom. The number of rotatable bonds is 8. The number of aliphatic imine (C=N–C) groups is 1. The van der Waals surface area contributed by atoms with E-state index >= 15 is 0 Å². The molecule has 0 unspecified atom stereocenters. The summed E-state index contributed by atoms with van der Waals surface area (Å²) in [5.74, 6) is 0.570. The fourth-order valence-corrected chi connectivity index (χ4v) is 5.62. The van der Waals surface area contributed by atoms with Crippen molar-refractivity contribution >= 4 is 80.2 Å². The van der Waals surface area contributed by atoms with Crippen LogP contribution in [0, 0.1) is 0 Å². The molecule has 0 aliphatic heterocycles. The Balaban J connectivity index is 2.17. The molecule has 0 N–H and O–H groups in total. The van der Waals surface area contributed by atoms with E-state index in [1.807, 2.05) is 26.0 Å². The van der Waals surface area contributed by atoms with Crippen molar-refractivity contribution < 1.29 is 13.2 Å². The van der Waals surface area contributed by atoms with Crippen LogP contribution >= 0.6 is 34.8 Å². The Bertz CT molecular complexity index is 1380. The van der Waals surface area contributed by atoms with Crippen molar-refractivity contribution in [2.75, 3.05) is 10.8 Å². The Morgan fingerprint density at radius 3 is 2.33 bits per heavy atom. The van der Waals surface area contributed by atoms with Crippen LogP contribution in [0.1, 0.15) is 13.8 Å². The van der Waals surface area contributed by atoms with E-state index < -0.39 is 16.6 Å². The molecule has 0 spiro atoms. The van der Waals surface area contributed by atoms with Gasteiger partial charge in [0.2, 0.25) is 0 Å². The van der Waals surface area contributed by atoms with E-state index in [0.29, 0.717) is 23.0 Å². The highest BCUT2D eigenvalue weighted by molar-refractivity contribution is 7.92. The first kappa shape index (κ1) is 25.1. The van der Waals surface area contributed by atoms with E-state index in [-0.39, 0.29) is 25.7 Å². The lowest BCUT2D eigenvalue weighted by Crippen LogP contribution is -2.33. The van der Waals surface area contributed by atoms with Crippen molar-refractivity contribution in [3.8, 4) is 0 Å². The molecule has 0 fully saturated rings. The van der Waals surface area contributed by atoms with Crippen LogP contribution < -0.4 is 4.31 Å². The predicted molar refractivity (Wildman–Crippen MR) is 137 cm³/mol. The quantitative estimate of drug-likeness (QED) is 0.193. The number of benzene rings is 2. The lowest BCUT2D eigenvalue weighted by atomic mass is 10.2. The molecule has 0 bridgehead atoms. The minimum atomic E-state index is -4.19. The smallest absolute Gasteiger partial charge is 0.264 e. The van der Waals surface area contributed by atoms with Gasteiger partial charge in [0, 0.05) is 21.6 Å². The van der Waals surface area contributed by atoms with E-state index in [2.05, 4.69) is 11.7 Å². The highest BCUT2D eigenvalue weighted by atomic mass is 35.5. The van der Waals surface area contributed by atoms with Crippen molar-refractivity contribution in [3.63, 3.8) is 0 Å². The van der Waals surface area contributed by atoms with Gasteiger partial charge in [-0.05, 0) is 63.0 Å². The molecule has 1 aromatic heterocycles. The average molecular weight is 525 g/mol. The minimum Gasteiger partial charge on any atom is -0.301 e. The first-order valence-corrected chi connectivity index (χ1v) is 12.2. The molecule has 0 amide bonds. The number of carbonyl (C=O) groups excluding carboxylic acids is 1. The lowest BCUT2D eigenvalue weighted by molar-refractivity contribution is -0.106. The number of fused-ring (bicyclic) bond motifs is 1. The Kier molecular flexibility index (Phi) is 7.69. The number of sulfonamides is 1. The minimum absolute atomic E-state index is 0.131. The first-order valence-electron chi connectivity index (χ1n) is 9.64. The van der Waals surface area contributed by atoms with Crippen LogP contribution in [0.25, 0.3) is 16.7 Å². The number of halogens is 3. The van der Waals surface area contributed by atoms with Gasteiger partial charge in [-0.2, -0.15) is 0 Å². The first-order chi connectivity index (χ1) is 15.6. The van der Waals surface area contributed by atoms with E-state index in [9.17, 15) is 13.2 Å². The van der Waals surface area contributed by atoms with Crippen LogP contribution in [0.2, 0.25) is 15.1 Å². The maximum Gasteiger partial charge on any atom is 0.264 e. The molecule has 0 radical (unpaired) electrons. The molecule has 33 heavy (non-hydrogen) atoms. The number of nitrogens with zero attached hydrogens (tertiary/aromatic N) is 3. The number of aldehydes is 1. The maximum absolute atomic E-state index is 13.4. The molecular weight excluding hydrogens is 505 g/mol. The van der Waals surface area contributed by atoms with E-state index in [0.717, 1.165) is 9.88 Å². The van der Waals surface area contributed by atoms with Gasteiger partial charge in [0.1, 0.15) is 12.1 Å². The van der Waals surface area contributed by atoms with Gasteiger partial charge < -0.3 is 9.36 Å². The lowest BCUT2D eigenvalue weighted by Gasteiger charge is -2.24. The summed E-state index contributed by atoms with van der Waals surface area (Å²) < 4.78 is 29.5. The van der Waals surface area contributed by atoms with Crippen molar-refractivity contribution in [1.29, 1.82) is 0 Å². The zero-order valence-electron chi connectivity index (χ0n) is 17.8. The van der Waals surface area contributed by atoms with Gasteiger partial charge in [-0.1, -0.05) is 46.5 Å². The number of anilines is 1. The van der Waals surface area contributed by atoms with Crippen molar-refractivity contribution in [3.05, 3.63) is 75.4 Å². The second-order valence-electron chi connectivity index (χ2n) is 7.28. The summed E-state index contributed by atoms with van der Waals surface area (Å²) in [5.41, 5.74) is 1.93. The van der Waals surface area contributed by atoms with Gasteiger partial charge >= 0.3 is 0 Å². The van der Waals surface area contributed by atoms with Gasteiger partial charge in [0.15, 0.2) is 0 Å². The van der Waals surface area contributed by atoms with Gasteiger partial charge in [-0.15, -0.1) is 0 Å². The maximum atomic E-state index is 13.4. The number of hydrogen-bond donors (Lipinski definition) is 0. The number of hydrogen-bond acceptors (Lipinski definition) is 4. The van der Waals surface area contributed by atoms with E-state index in [1.165, 1.54) is 18.2 Å². The molecule has 3 rings (SSSR count). The summed E-state index contributed by atoms with van der Waals surface area (Å²) in [6.07, 6.45) is 5.98. The van der Waals surface area contributed by atoms with Crippen LogP contribution in [0.4, 0.5) is 5.69 Å². The normalized spacial score (nSPS) is 12.0. The predicted octanol–water partition coefficient (Wildman–Crippen LogP) is 6.46. The molecule has 0 aliphatic carbocycles. The Labute approximate surface area is 207 Å². The molecular formula is C23H20Cl3N3O3S. The fourth-order valence-electron chi connectivity index (χ4n) is 3.18. The highest BCUT2D eigenvalue weighted by Gasteiger charge is 2.28. The summed E-state index contributed by atoms with van der Waals surface area (Å²) in [7, 11) is -4.19. The van der Waals surface area contributed by atoms with E-state index in [1.54, 1.807) is 29.0 Å². The third-order valence-electron chi connectivity index (χ3n) is 4.67. The van der Waals surface area contributed by atoms with Gasteiger partial charge in [0.25, 0.3) is 10.0 Å². The van der Waals surface area contributed by atoms with Crippen LogP contribution in [-0.2, 0) is 14.8 Å². The van der Waals surface area contributed by atoms with Crippen molar-refractivity contribution in [1.82, 2.24) is 4.57 Å². The second kappa shape index (κ2) is 10.1. The third-order valence-corrected chi connectivity index (χ3v) is 7.16. The molecule has 0 saturated carbocycles. The monoisotopic (exact) mass is 523 g/mol. The standard InChI is InChI=1S/C23H20Cl3N3O3S/c1-15(2)4-5-23(27-3)28-7-6-16-10-22(20(26)14-21(16)28)29(8-9-30)33(31,32)19-12-17(24)11-18(25)13-19/h4-7,9-14H,3,8H2,1-2H3/b23-5+. The zero-order valence-corrected chi connectivity index (χ0v) is 20.9. The Hall–Kier alpha value is -2.58. The summed E-state index contributed by atoms with van der Waals surface area (Å²) in [6, 6.07) is 8.95. The van der Waals surface area contributed by atoms with Crippen LogP contribution in [-0.4, -0.2) is 32.5 Å². The average Bonchev–Trinajstić information content (AvgIpc) is 3.13. The summed E-state index contributed by atoms with van der Waals surface area (Å²) >= 11 is 18.5. The molecule has 0 aliphatic rings. The molecule has 6 nitrogen and oxygen atoms in total. The molecule has 2 aromatic carbocycles. The van der Waals surface area contributed by atoms with Crippen LogP contribution in [0.3, 0.4) is 0 Å². The van der Waals surface area contributed by atoms with Crippen molar-refractivity contribution in [2.24, 2.45) is 4.99 Å². The third kappa shape index (κ3) is 5.33. The van der Waals surface area contributed by atoms with Crippen molar-refractivity contribution in [2.45, 2.75) is 18.7 Å². The van der Waals surface area contributed by atoms with Crippen LogP contribution in [0.15, 0.2) is 70.2 Å². The fraction of sp³-hybridized carbons (Fsp3) is 0.130. The van der Waals surface area contributed by atoms with E-state index in [4.69, 9.17) is 34.8 Å². The summed E-state index contributed by atoms with van der Waals surface area (Å²) in [6.45, 7) is 7.10. The number of aromatic nitrogens is 1. The zero-order chi connectivity index (χ0) is 24.3. The molecule has 1 heterocycles. The second-order valence-corrected chi connectivity index (χ2v) is 10.4. The van der Waals surface area contributed by atoms with Gasteiger partial charge in [0.05, 0.1) is 27.7 Å². The number of allylic oxidation sites excluding steroid dienone is 3. The molecule has 0 saturated heterocycles. The Morgan fingerprint density at radius 1 is 1.09 bits per heavy atom. The summed E-state index contributed by atoms with van der Waals surface area (Å²) in [4.78, 5) is 15.3. The summed E-state index contributed by atoms with van der Waals surface area (Å²) in [5, 5.41) is 1.12.